The molecule has 3 rings (SSSR count). The van der Waals surface area contributed by atoms with E-state index in [1.165, 1.54) is 6.07 Å². The molecule has 0 saturated heterocycles. The minimum Gasteiger partial charge on any atom is -0.478 e. The van der Waals surface area contributed by atoms with Gasteiger partial charge >= 0.3 is 17.8 Å². The molecule has 1 N–H and O–H groups in total. The number of rotatable bonds is 2. The average molecular weight is 358 g/mol. The summed E-state index contributed by atoms with van der Waals surface area (Å²) in [5, 5.41) is 8.19. The number of hydrogen-bond acceptors (Lipinski definition) is 1. The van der Waals surface area contributed by atoms with Crippen molar-refractivity contribution in [3.8, 4) is 0 Å². The van der Waals surface area contributed by atoms with Gasteiger partial charge in [-0.05, 0) is 22.2 Å². The number of benzene rings is 3. The third-order valence-electron chi connectivity index (χ3n) is 3.96. The summed E-state index contributed by atoms with van der Waals surface area (Å²) >= 11 is 0. The monoisotopic (exact) mass is 358 g/mol. The second-order valence-corrected chi connectivity index (χ2v) is 5.41. The molecular weight excluding hydrogens is 350 g/mol. The summed E-state index contributed by atoms with van der Waals surface area (Å²) in [7, 11) is 0. The Morgan fingerprint density at radius 3 is 2.08 bits per heavy atom. The van der Waals surface area contributed by atoms with Crippen LogP contribution in [0.3, 0.4) is 0 Å². The van der Waals surface area contributed by atoms with E-state index in [1.807, 2.05) is 0 Å². The van der Waals surface area contributed by atoms with Crippen LogP contribution in [-0.4, -0.2) is 17.3 Å². The van der Waals surface area contributed by atoms with Gasteiger partial charge in [0.05, 0.1) is 0 Å². The Morgan fingerprint density at radius 2 is 1.48 bits per heavy atom. The molecule has 0 saturated carbocycles. The highest BCUT2D eigenvalue weighted by atomic mass is 19.4. The van der Waals surface area contributed by atoms with Crippen LogP contribution in [0.4, 0.5) is 26.3 Å². The first-order valence-electron chi connectivity index (χ1n) is 6.87. The molecule has 3 aromatic carbocycles. The van der Waals surface area contributed by atoms with Gasteiger partial charge in [-0.3, -0.25) is 0 Å². The lowest BCUT2D eigenvalue weighted by atomic mass is 9.88. The lowest BCUT2D eigenvalue weighted by Crippen LogP contribution is -2.45. The van der Waals surface area contributed by atoms with E-state index in [4.69, 9.17) is 5.11 Å². The summed E-state index contributed by atoms with van der Waals surface area (Å²) < 4.78 is 81.3. The average Bonchev–Trinajstić information content (AvgIpc) is 2.51. The van der Waals surface area contributed by atoms with Crippen molar-refractivity contribution < 1.29 is 36.2 Å². The molecule has 3 aromatic rings. The van der Waals surface area contributed by atoms with Gasteiger partial charge in [-0.15, -0.1) is 0 Å². The number of carbonyl (C=O) groups is 1. The summed E-state index contributed by atoms with van der Waals surface area (Å²) in [4.78, 5) is 11.1. The molecule has 1 unspecified atom stereocenters. The van der Waals surface area contributed by atoms with E-state index >= 15 is 0 Å². The van der Waals surface area contributed by atoms with Crippen LogP contribution in [-0.2, 0) is 10.5 Å². The summed E-state index contributed by atoms with van der Waals surface area (Å²) in [6.07, 6.45) is -5.73. The Kier molecular flexibility index (Phi) is 3.66. The minimum atomic E-state index is -5.73. The maximum absolute atomic E-state index is 14.6. The highest BCUT2D eigenvalue weighted by Crippen LogP contribution is 2.46. The van der Waals surface area contributed by atoms with Crippen molar-refractivity contribution >= 4 is 27.5 Å². The fraction of sp³-hybridized carbons (Fsp3) is 0.118. The standard InChI is InChI=1S/C17H8F6O2/c18-8-6-12-9-2-1-3-13(16(20,15(24)25)17(21,22)23)10(9)4-5-11(12)14(19)7-8/h1-7H,(H,24,25). The molecule has 8 heteroatoms. The van der Waals surface area contributed by atoms with E-state index in [1.54, 1.807) is 0 Å². The van der Waals surface area contributed by atoms with Crippen molar-refractivity contribution in [2.45, 2.75) is 11.8 Å². The number of hydrogen-bond donors (Lipinski definition) is 1. The van der Waals surface area contributed by atoms with Crippen molar-refractivity contribution in [1.29, 1.82) is 0 Å². The molecule has 0 heterocycles. The number of alkyl halides is 4. The van der Waals surface area contributed by atoms with Gasteiger partial charge in [-0.1, -0.05) is 30.3 Å². The van der Waals surface area contributed by atoms with E-state index in [0.29, 0.717) is 12.1 Å². The van der Waals surface area contributed by atoms with Crippen molar-refractivity contribution in [1.82, 2.24) is 0 Å². The molecule has 0 aliphatic heterocycles. The predicted octanol–water partition coefficient (Wildman–Crippen LogP) is 5.08. The first kappa shape index (κ1) is 17.1. The molecular formula is C17H8F6O2. The maximum atomic E-state index is 14.6. The van der Waals surface area contributed by atoms with Crippen LogP contribution in [0.25, 0.3) is 21.5 Å². The quantitative estimate of drug-likeness (QED) is 0.512. The second kappa shape index (κ2) is 5.37. The van der Waals surface area contributed by atoms with Gasteiger partial charge in [0.15, 0.2) is 0 Å². The highest BCUT2D eigenvalue weighted by molar-refractivity contribution is 6.09. The number of aliphatic carboxylic acids is 1. The molecule has 0 bridgehead atoms. The lowest BCUT2D eigenvalue weighted by molar-refractivity contribution is -0.240. The zero-order valence-electron chi connectivity index (χ0n) is 12.2. The van der Waals surface area contributed by atoms with Gasteiger partial charge in [0, 0.05) is 17.0 Å². The lowest BCUT2D eigenvalue weighted by Gasteiger charge is -2.25. The second-order valence-electron chi connectivity index (χ2n) is 5.41. The van der Waals surface area contributed by atoms with E-state index in [-0.39, 0.29) is 16.2 Å². The van der Waals surface area contributed by atoms with Gasteiger partial charge in [0.25, 0.3) is 0 Å². The predicted molar refractivity (Wildman–Crippen MR) is 77.8 cm³/mol. The van der Waals surface area contributed by atoms with Gasteiger partial charge < -0.3 is 5.11 Å². The van der Waals surface area contributed by atoms with Crippen LogP contribution in [0.5, 0.6) is 0 Å². The van der Waals surface area contributed by atoms with Gasteiger partial charge in [-0.2, -0.15) is 13.2 Å². The van der Waals surface area contributed by atoms with Crippen molar-refractivity contribution in [2.24, 2.45) is 0 Å². The molecule has 0 spiro atoms. The number of halogens is 6. The van der Waals surface area contributed by atoms with E-state index in [2.05, 4.69) is 0 Å². The van der Waals surface area contributed by atoms with Crippen LogP contribution < -0.4 is 0 Å². The number of fused-ring (bicyclic) bond motifs is 3. The van der Waals surface area contributed by atoms with Crippen molar-refractivity contribution in [3.05, 3.63) is 59.7 Å². The minimum absolute atomic E-state index is 0.0853. The SMILES string of the molecule is O=C(O)C(F)(c1cccc2c1ccc1c(F)cc(F)cc12)C(F)(F)F. The molecule has 0 aliphatic carbocycles. The van der Waals surface area contributed by atoms with Crippen LogP contribution in [0, 0.1) is 11.6 Å². The number of carboxylic acid groups (broad SMARTS) is 1. The number of carboxylic acids is 1. The molecule has 0 aliphatic rings. The van der Waals surface area contributed by atoms with Crippen molar-refractivity contribution in [3.63, 3.8) is 0 Å². The largest absolute Gasteiger partial charge is 0.478 e. The molecule has 2 nitrogen and oxygen atoms in total. The van der Waals surface area contributed by atoms with Crippen molar-refractivity contribution in [2.75, 3.05) is 0 Å². The summed E-state index contributed by atoms with van der Waals surface area (Å²) in [6.45, 7) is 0. The Hall–Kier alpha value is -2.77. The summed E-state index contributed by atoms with van der Waals surface area (Å²) in [5.74, 6) is -4.63. The van der Waals surface area contributed by atoms with Crippen LogP contribution in [0.1, 0.15) is 5.56 Å². The molecule has 25 heavy (non-hydrogen) atoms. The summed E-state index contributed by atoms with van der Waals surface area (Å²) in [5.41, 5.74) is -5.82. The van der Waals surface area contributed by atoms with Gasteiger partial charge in [0.2, 0.25) is 0 Å². The fourth-order valence-electron chi connectivity index (χ4n) is 2.81. The summed E-state index contributed by atoms with van der Waals surface area (Å²) in [6, 6.07) is 6.45. The zero-order valence-corrected chi connectivity index (χ0v) is 12.2. The third-order valence-corrected chi connectivity index (χ3v) is 3.96. The Labute approximate surface area is 136 Å². The Balaban J connectivity index is 2.47. The highest BCUT2D eigenvalue weighted by Gasteiger charge is 2.64. The Morgan fingerprint density at radius 1 is 0.840 bits per heavy atom. The normalized spacial score (nSPS) is 14.6. The van der Waals surface area contributed by atoms with E-state index in [9.17, 15) is 31.1 Å². The van der Waals surface area contributed by atoms with Gasteiger partial charge in [-0.25, -0.2) is 18.0 Å². The van der Waals surface area contributed by atoms with E-state index < -0.39 is 40.4 Å². The topological polar surface area (TPSA) is 37.3 Å². The molecule has 1 atom stereocenters. The van der Waals surface area contributed by atoms with E-state index in [0.717, 1.165) is 24.3 Å². The molecule has 0 radical (unpaired) electrons. The Bertz CT molecular complexity index is 1010. The third kappa shape index (κ3) is 2.40. The first-order chi connectivity index (χ1) is 11.6. The van der Waals surface area contributed by atoms with Gasteiger partial charge in [0.1, 0.15) is 11.6 Å². The maximum Gasteiger partial charge on any atom is 0.437 e. The molecule has 0 fully saturated rings. The van der Waals surface area contributed by atoms with Crippen LogP contribution in [0.15, 0.2) is 42.5 Å². The molecule has 0 aromatic heterocycles. The molecule has 0 amide bonds. The smallest absolute Gasteiger partial charge is 0.437 e. The zero-order chi connectivity index (χ0) is 18.6. The molecule has 130 valence electrons. The first-order valence-corrected chi connectivity index (χ1v) is 6.87. The van der Waals surface area contributed by atoms with Crippen LogP contribution in [0.2, 0.25) is 0 Å². The van der Waals surface area contributed by atoms with Crippen LogP contribution >= 0.6 is 0 Å². The fourth-order valence-corrected chi connectivity index (χ4v) is 2.81.